The zero-order valence-electron chi connectivity index (χ0n) is 22.2. The number of fused-ring (bicyclic) bond motifs is 9. The van der Waals surface area contributed by atoms with Crippen LogP contribution in [0.1, 0.15) is 49.9 Å². The van der Waals surface area contributed by atoms with Gasteiger partial charge in [0, 0.05) is 10.8 Å². The van der Waals surface area contributed by atoms with Crippen molar-refractivity contribution >= 4 is 43.1 Å². The largest absolute Gasteiger partial charge is 0.0616 e. The first kappa shape index (κ1) is 20.8. The normalized spacial score (nSPS) is 16.3. The fourth-order valence-electron chi connectivity index (χ4n) is 8.12. The van der Waals surface area contributed by atoms with Crippen molar-refractivity contribution in [2.75, 3.05) is 0 Å². The highest BCUT2D eigenvalue weighted by molar-refractivity contribution is 6.25. The fourth-order valence-corrected chi connectivity index (χ4v) is 8.12. The number of hydrogen-bond acceptors (Lipinski definition) is 0. The predicted octanol–water partition coefficient (Wildman–Crippen LogP) is 10.3. The van der Waals surface area contributed by atoms with Crippen molar-refractivity contribution < 1.29 is 0 Å². The Labute approximate surface area is 222 Å². The van der Waals surface area contributed by atoms with Gasteiger partial charge in [-0.1, -0.05) is 113 Å². The Hall–Kier alpha value is -4.16. The maximum Gasteiger partial charge on any atom is 0.0165 e. The molecule has 180 valence electrons. The number of rotatable bonds is 0. The minimum atomic E-state index is -0.0745. The molecule has 7 aromatic carbocycles. The Kier molecular flexibility index (Phi) is 3.54. The van der Waals surface area contributed by atoms with Crippen LogP contribution in [0.15, 0.2) is 97.1 Å². The van der Waals surface area contributed by atoms with Gasteiger partial charge in [0.2, 0.25) is 0 Å². The minimum Gasteiger partial charge on any atom is -0.0616 e. The third kappa shape index (κ3) is 2.26. The molecule has 0 fully saturated rings. The van der Waals surface area contributed by atoms with Crippen molar-refractivity contribution in [2.24, 2.45) is 0 Å². The molecule has 9 rings (SSSR count). The molecule has 0 aliphatic heterocycles. The van der Waals surface area contributed by atoms with E-state index in [4.69, 9.17) is 0 Å². The molecule has 0 saturated heterocycles. The standard InChI is InChI=1S/C38H28/c1-37(2)30-17-15-21-8-5-6-11-25(21)35(30)29-19-27-28-18-24-13-12-22-9-7-10-23-14-16-26(34(24)33(22)23)36(28)38(3,4)31(27)20-32(29)37/h5-20H,1-4H3. The summed E-state index contributed by atoms with van der Waals surface area (Å²) in [5.74, 6) is 0. The van der Waals surface area contributed by atoms with Gasteiger partial charge >= 0.3 is 0 Å². The van der Waals surface area contributed by atoms with Crippen molar-refractivity contribution in [3.05, 3.63) is 119 Å². The van der Waals surface area contributed by atoms with Crippen LogP contribution in [-0.2, 0) is 10.8 Å². The van der Waals surface area contributed by atoms with Crippen LogP contribution in [0.3, 0.4) is 0 Å². The smallest absolute Gasteiger partial charge is 0.0165 e. The first-order chi connectivity index (χ1) is 18.4. The molecule has 0 radical (unpaired) electrons. The molecule has 38 heavy (non-hydrogen) atoms. The molecule has 2 aliphatic carbocycles. The molecule has 2 aliphatic rings. The van der Waals surface area contributed by atoms with E-state index in [0.29, 0.717) is 0 Å². The predicted molar refractivity (Wildman–Crippen MR) is 163 cm³/mol. The molecule has 0 amide bonds. The van der Waals surface area contributed by atoms with Crippen molar-refractivity contribution in [1.29, 1.82) is 0 Å². The SMILES string of the molecule is CC1(C)c2cc3c(cc2-c2c1ccc1ccccc21)-c1cc2ccc4cccc5ccc(c1C3(C)C)c2c45. The summed E-state index contributed by atoms with van der Waals surface area (Å²) in [5.41, 5.74) is 11.4. The second-order valence-electron chi connectivity index (χ2n) is 12.6. The molecular formula is C38H28. The Bertz CT molecular complexity index is 2150. The molecule has 0 bridgehead atoms. The lowest BCUT2D eigenvalue weighted by Gasteiger charge is -2.27. The van der Waals surface area contributed by atoms with Crippen LogP contribution < -0.4 is 0 Å². The van der Waals surface area contributed by atoms with Crippen LogP contribution in [0.2, 0.25) is 0 Å². The summed E-state index contributed by atoms with van der Waals surface area (Å²) >= 11 is 0. The number of benzene rings is 7. The van der Waals surface area contributed by atoms with Gasteiger partial charge in [-0.15, -0.1) is 0 Å². The molecule has 0 aromatic heterocycles. The van der Waals surface area contributed by atoms with Crippen molar-refractivity contribution in [3.8, 4) is 22.3 Å². The van der Waals surface area contributed by atoms with Gasteiger partial charge in [0.1, 0.15) is 0 Å². The molecule has 0 atom stereocenters. The summed E-state index contributed by atoms with van der Waals surface area (Å²) in [6, 6.07) is 37.1. The van der Waals surface area contributed by atoms with Gasteiger partial charge in [-0.3, -0.25) is 0 Å². The lowest BCUT2D eigenvalue weighted by atomic mass is 9.76. The highest BCUT2D eigenvalue weighted by atomic mass is 14.5. The van der Waals surface area contributed by atoms with E-state index in [1.54, 1.807) is 0 Å². The Morgan fingerprint density at radius 1 is 0.421 bits per heavy atom. The van der Waals surface area contributed by atoms with E-state index in [2.05, 4.69) is 125 Å². The van der Waals surface area contributed by atoms with E-state index < -0.39 is 0 Å². The molecule has 0 saturated carbocycles. The molecule has 7 aromatic rings. The van der Waals surface area contributed by atoms with E-state index >= 15 is 0 Å². The number of hydrogen-bond donors (Lipinski definition) is 0. The molecule has 0 spiro atoms. The van der Waals surface area contributed by atoms with Crippen LogP contribution in [-0.4, -0.2) is 0 Å². The third-order valence-corrected chi connectivity index (χ3v) is 9.94. The second kappa shape index (κ2) is 6.45. The van der Waals surface area contributed by atoms with E-state index in [9.17, 15) is 0 Å². The van der Waals surface area contributed by atoms with Gasteiger partial charge in [-0.05, 0) is 99.7 Å². The topological polar surface area (TPSA) is 0 Å². The Morgan fingerprint density at radius 3 is 1.95 bits per heavy atom. The van der Waals surface area contributed by atoms with Crippen molar-refractivity contribution in [3.63, 3.8) is 0 Å². The molecule has 0 unspecified atom stereocenters. The van der Waals surface area contributed by atoms with Crippen LogP contribution in [0.25, 0.3) is 65.3 Å². The van der Waals surface area contributed by atoms with E-state index in [-0.39, 0.29) is 10.8 Å². The quantitative estimate of drug-likeness (QED) is 0.188. The Balaban J connectivity index is 1.42. The fraction of sp³-hybridized carbons (Fsp3) is 0.158. The van der Waals surface area contributed by atoms with Gasteiger partial charge in [-0.2, -0.15) is 0 Å². The highest BCUT2D eigenvalue weighted by Gasteiger charge is 2.43. The van der Waals surface area contributed by atoms with E-state index in [0.717, 1.165) is 0 Å². The van der Waals surface area contributed by atoms with Gasteiger partial charge in [0.05, 0.1) is 0 Å². The average Bonchev–Trinajstić information content (AvgIpc) is 3.29. The summed E-state index contributed by atoms with van der Waals surface area (Å²) in [6.07, 6.45) is 0. The summed E-state index contributed by atoms with van der Waals surface area (Å²) in [7, 11) is 0. The van der Waals surface area contributed by atoms with Gasteiger partial charge in [0.25, 0.3) is 0 Å². The third-order valence-electron chi connectivity index (χ3n) is 9.94. The van der Waals surface area contributed by atoms with E-state index in [1.165, 1.54) is 87.6 Å². The lowest BCUT2D eigenvalue weighted by Crippen LogP contribution is -2.19. The minimum absolute atomic E-state index is 0.0292. The average molecular weight is 485 g/mol. The van der Waals surface area contributed by atoms with Gasteiger partial charge in [0.15, 0.2) is 0 Å². The maximum absolute atomic E-state index is 2.56. The lowest BCUT2D eigenvalue weighted by molar-refractivity contribution is 0.642. The first-order valence-electron chi connectivity index (χ1n) is 13.8. The summed E-state index contributed by atoms with van der Waals surface area (Å²) < 4.78 is 0. The summed E-state index contributed by atoms with van der Waals surface area (Å²) in [6.45, 7) is 9.68. The van der Waals surface area contributed by atoms with Crippen molar-refractivity contribution in [2.45, 2.75) is 38.5 Å². The van der Waals surface area contributed by atoms with E-state index in [1.807, 2.05) is 0 Å². The Morgan fingerprint density at radius 2 is 1.11 bits per heavy atom. The zero-order chi connectivity index (χ0) is 25.6. The van der Waals surface area contributed by atoms with Crippen LogP contribution in [0, 0.1) is 0 Å². The highest BCUT2D eigenvalue weighted by Crippen LogP contribution is 2.59. The summed E-state index contributed by atoms with van der Waals surface area (Å²) in [5, 5.41) is 10.9. The van der Waals surface area contributed by atoms with Gasteiger partial charge in [-0.25, -0.2) is 0 Å². The van der Waals surface area contributed by atoms with Crippen molar-refractivity contribution in [1.82, 2.24) is 0 Å². The second-order valence-corrected chi connectivity index (χ2v) is 12.6. The molecular weight excluding hydrogens is 456 g/mol. The first-order valence-corrected chi connectivity index (χ1v) is 13.8. The molecule has 0 heteroatoms. The maximum atomic E-state index is 2.56. The van der Waals surface area contributed by atoms with Crippen LogP contribution in [0.5, 0.6) is 0 Å². The molecule has 0 heterocycles. The van der Waals surface area contributed by atoms with Crippen LogP contribution >= 0.6 is 0 Å². The zero-order valence-corrected chi connectivity index (χ0v) is 22.2. The van der Waals surface area contributed by atoms with Crippen LogP contribution in [0.4, 0.5) is 0 Å². The summed E-state index contributed by atoms with van der Waals surface area (Å²) in [4.78, 5) is 0. The molecule has 0 N–H and O–H groups in total. The monoisotopic (exact) mass is 484 g/mol. The molecule has 0 nitrogen and oxygen atoms in total. The van der Waals surface area contributed by atoms with Gasteiger partial charge < -0.3 is 0 Å².